The maximum absolute atomic E-state index is 8.97. The second-order valence-electron chi connectivity index (χ2n) is 5.20. The largest absolute Gasteiger partial charge is 0.395 e. The summed E-state index contributed by atoms with van der Waals surface area (Å²) in [6, 6.07) is 10.3. The zero-order valence-electron chi connectivity index (χ0n) is 12.9. The number of nitrogens with one attached hydrogen (secondary N) is 1. The van der Waals surface area contributed by atoms with Crippen molar-refractivity contribution in [2.45, 2.75) is 6.54 Å². The Morgan fingerprint density at radius 2 is 2.00 bits per heavy atom. The molecule has 0 unspecified atom stereocenters. The van der Waals surface area contributed by atoms with Crippen LogP contribution >= 0.6 is 22.7 Å². The molecule has 6 heteroatoms. The van der Waals surface area contributed by atoms with Gasteiger partial charge in [-0.25, -0.2) is 4.98 Å². The maximum Gasteiger partial charge on any atom is 0.124 e. The van der Waals surface area contributed by atoms with Crippen LogP contribution in [0.4, 0.5) is 11.4 Å². The lowest BCUT2D eigenvalue weighted by Gasteiger charge is -2.18. The molecule has 0 saturated heterocycles. The molecule has 0 fully saturated rings. The molecule has 3 aromatic rings. The molecular weight excluding hydrogens is 326 g/mol. The zero-order valence-corrected chi connectivity index (χ0v) is 14.5. The Kier molecular flexibility index (Phi) is 5.27. The van der Waals surface area contributed by atoms with E-state index in [1.165, 1.54) is 5.56 Å². The Balaban J connectivity index is 1.58. The summed E-state index contributed by atoms with van der Waals surface area (Å²) in [7, 11) is 1.97. The molecule has 0 spiro atoms. The van der Waals surface area contributed by atoms with E-state index < -0.39 is 0 Å². The number of likely N-dealkylation sites (N-methyl/N-ethyl adjacent to an activating group) is 1. The fourth-order valence-electron chi connectivity index (χ4n) is 2.21. The normalized spacial score (nSPS) is 10.7. The van der Waals surface area contributed by atoms with E-state index in [1.54, 1.807) is 22.7 Å². The van der Waals surface area contributed by atoms with Gasteiger partial charge in [-0.2, -0.15) is 11.3 Å². The van der Waals surface area contributed by atoms with Crippen LogP contribution in [-0.2, 0) is 6.54 Å². The monoisotopic (exact) mass is 345 g/mol. The highest BCUT2D eigenvalue weighted by atomic mass is 32.1. The number of hydrogen-bond acceptors (Lipinski definition) is 6. The standard InChI is InChI=1S/C17H19N3OS2/c1-20(7-8-21)16-4-2-14(3-5-16)18-10-15-12-23-17(19-15)13-6-9-22-11-13/h2-6,9,11-12,18,21H,7-8,10H2,1H3. The van der Waals surface area contributed by atoms with Crippen LogP contribution < -0.4 is 10.2 Å². The molecule has 0 aliphatic heterocycles. The van der Waals surface area contributed by atoms with Crippen molar-refractivity contribution in [3.8, 4) is 10.6 Å². The van der Waals surface area contributed by atoms with Crippen molar-refractivity contribution < 1.29 is 5.11 Å². The van der Waals surface area contributed by atoms with E-state index in [9.17, 15) is 0 Å². The Bertz CT molecular complexity index is 723. The van der Waals surface area contributed by atoms with E-state index in [4.69, 9.17) is 5.11 Å². The van der Waals surface area contributed by atoms with Gasteiger partial charge in [0.2, 0.25) is 0 Å². The van der Waals surface area contributed by atoms with Crippen molar-refractivity contribution in [3.63, 3.8) is 0 Å². The van der Waals surface area contributed by atoms with Crippen LogP contribution in [0.3, 0.4) is 0 Å². The SMILES string of the molecule is CN(CCO)c1ccc(NCc2csc(-c3ccsc3)n2)cc1. The molecule has 4 nitrogen and oxygen atoms in total. The van der Waals surface area contributed by atoms with Crippen molar-refractivity contribution in [2.75, 3.05) is 30.4 Å². The first-order valence-electron chi connectivity index (χ1n) is 7.39. The second kappa shape index (κ2) is 7.59. The number of rotatable bonds is 7. The Hall–Kier alpha value is -1.89. The summed E-state index contributed by atoms with van der Waals surface area (Å²) in [5.74, 6) is 0. The summed E-state index contributed by atoms with van der Waals surface area (Å²) in [6.07, 6.45) is 0. The summed E-state index contributed by atoms with van der Waals surface area (Å²) in [5, 5.41) is 19.7. The van der Waals surface area contributed by atoms with Crippen molar-refractivity contribution >= 4 is 34.0 Å². The number of hydrogen-bond donors (Lipinski definition) is 2. The summed E-state index contributed by atoms with van der Waals surface area (Å²) in [6.45, 7) is 1.51. The first-order valence-corrected chi connectivity index (χ1v) is 9.21. The summed E-state index contributed by atoms with van der Waals surface area (Å²) in [4.78, 5) is 6.69. The molecule has 2 N–H and O–H groups in total. The molecule has 2 heterocycles. The van der Waals surface area contributed by atoms with E-state index in [2.05, 4.69) is 56.8 Å². The lowest BCUT2D eigenvalue weighted by atomic mass is 10.2. The van der Waals surface area contributed by atoms with Gasteiger partial charge in [-0.15, -0.1) is 11.3 Å². The molecular formula is C17H19N3OS2. The number of aromatic nitrogens is 1. The molecule has 0 aliphatic carbocycles. The molecule has 1 aromatic carbocycles. The minimum absolute atomic E-state index is 0.160. The number of nitrogens with zero attached hydrogens (tertiary/aromatic N) is 2. The first-order chi connectivity index (χ1) is 11.3. The number of aliphatic hydroxyl groups is 1. The van der Waals surface area contributed by atoms with Crippen molar-refractivity contribution in [1.82, 2.24) is 4.98 Å². The van der Waals surface area contributed by atoms with Gasteiger partial charge in [0.25, 0.3) is 0 Å². The predicted octanol–water partition coefficient (Wildman–Crippen LogP) is 3.91. The Morgan fingerprint density at radius 3 is 2.70 bits per heavy atom. The van der Waals surface area contributed by atoms with E-state index in [-0.39, 0.29) is 6.61 Å². The maximum atomic E-state index is 8.97. The van der Waals surface area contributed by atoms with Crippen LogP contribution in [0.5, 0.6) is 0 Å². The van der Waals surface area contributed by atoms with Crippen LogP contribution in [0.2, 0.25) is 0 Å². The number of benzene rings is 1. The van der Waals surface area contributed by atoms with Crippen LogP contribution in [0.25, 0.3) is 10.6 Å². The molecule has 2 aromatic heterocycles. The Labute approximate surface area is 144 Å². The molecule has 3 rings (SSSR count). The van der Waals surface area contributed by atoms with E-state index >= 15 is 0 Å². The lowest BCUT2D eigenvalue weighted by Crippen LogP contribution is -2.20. The highest BCUT2D eigenvalue weighted by molar-refractivity contribution is 7.14. The minimum Gasteiger partial charge on any atom is -0.395 e. The van der Waals surface area contributed by atoms with E-state index in [0.29, 0.717) is 13.1 Å². The van der Waals surface area contributed by atoms with Gasteiger partial charge in [0.1, 0.15) is 5.01 Å². The Morgan fingerprint density at radius 1 is 1.17 bits per heavy atom. The van der Waals surface area contributed by atoms with Gasteiger partial charge in [0.15, 0.2) is 0 Å². The van der Waals surface area contributed by atoms with E-state index in [0.717, 1.165) is 22.1 Å². The quantitative estimate of drug-likeness (QED) is 0.681. The topological polar surface area (TPSA) is 48.4 Å². The van der Waals surface area contributed by atoms with Gasteiger partial charge < -0.3 is 15.3 Å². The van der Waals surface area contributed by atoms with Gasteiger partial charge in [-0.1, -0.05) is 0 Å². The van der Waals surface area contributed by atoms with Gasteiger partial charge in [-0.3, -0.25) is 0 Å². The smallest absolute Gasteiger partial charge is 0.124 e. The molecule has 0 saturated carbocycles. The number of anilines is 2. The average Bonchev–Trinajstić information content (AvgIpc) is 3.25. The van der Waals surface area contributed by atoms with Gasteiger partial charge in [-0.05, 0) is 35.7 Å². The number of thiazole rings is 1. The molecule has 120 valence electrons. The van der Waals surface area contributed by atoms with Gasteiger partial charge in [0.05, 0.1) is 18.8 Å². The summed E-state index contributed by atoms with van der Waals surface area (Å²) in [5.41, 5.74) is 4.41. The summed E-state index contributed by atoms with van der Waals surface area (Å²) >= 11 is 3.37. The molecule has 0 aliphatic rings. The number of aliphatic hydroxyl groups excluding tert-OH is 1. The zero-order chi connectivity index (χ0) is 16.1. The molecule has 0 amide bonds. The third-order valence-corrected chi connectivity index (χ3v) is 5.16. The van der Waals surface area contributed by atoms with E-state index in [1.807, 2.05) is 11.9 Å². The number of thiophene rings is 1. The van der Waals surface area contributed by atoms with Crippen LogP contribution in [-0.4, -0.2) is 30.3 Å². The molecule has 0 bridgehead atoms. The third-order valence-electron chi connectivity index (χ3n) is 3.54. The lowest BCUT2D eigenvalue weighted by molar-refractivity contribution is 0.304. The highest BCUT2D eigenvalue weighted by Gasteiger charge is 2.05. The first kappa shape index (κ1) is 16.0. The second-order valence-corrected chi connectivity index (χ2v) is 6.84. The van der Waals surface area contributed by atoms with Gasteiger partial charge in [0, 0.05) is 41.3 Å². The van der Waals surface area contributed by atoms with Crippen molar-refractivity contribution in [2.24, 2.45) is 0 Å². The fourth-order valence-corrected chi connectivity index (χ4v) is 3.74. The van der Waals surface area contributed by atoms with Crippen molar-refractivity contribution in [3.05, 3.63) is 52.2 Å². The van der Waals surface area contributed by atoms with Crippen molar-refractivity contribution in [1.29, 1.82) is 0 Å². The third kappa shape index (κ3) is 4.10. The highest BCUT2D eigenvalue weighted by Crippen LogP contribution is 2.26. The van der Waals surface area contributed by atoms with Crippen LogP contribution in [0.15, 0.2) is 46.5 Å². The average molecular weight is 345 g/mol. The van der Waals surface area contributed by atoms with Crippen LogP contribution in [0, 0.1) is 0 Å². The molecule has 0 atom stereocenters. The minimum atomic E-state index is 0.160. The molecule has 0 radical (unpaired) electrons. The summed E-state index contributed by atoms with van der Waals surface area (Å²) < 4.78 is 0. The van der Waals surface area contributed by atoms with Crippen LogP contribution in [0.1, 0.15) is 5.69 Å². The van der Waals surface area contributed by atoms with Gasteiger partial charge >= 0.3 is 0 Å². The molecule has 23 heavy (non-hydrogen) atoms. The predicted molar refractivity (Wildman–Crippen MR) is 99.6 cm³/mol. The fraction of sp³-hybridized carbons (Fsp3) is 0.235.